The Labute approximate surface area is 155 Å². The predicted molar refractivity (Wildman–Crippen MR) is 101 cm³/mol. The quantitative estimate of drug-likeness (QED) is 0.721. The number of thiophene rings is 1. The van der Waals surface area contributed by atoms with Crippen LogP contribution in [0.15, 0.2) is 36.4 Å². The second-order valence-electron chi connectivity index (χ2n) is 7.13. The number of hydrogen-bond acceptors (Lipinski definition) is 3. The lowest BCUT2D eigenvalue weighted by atomic mass is 9.88. The Morgan fingerprint density at radius 3 is 2.73 bits per heavy atom. The second kappa shape index (κ2) is 5.45. The maximum Gasteiger partial charge on any atom is 0.245 e. The van der Waals surface area contributed by atoms with Gasteiger partial charge in [0, 0.05) is 39.8 Å². The number of carbonyl (C=O) groups excluding carboxylic acids is 2. The number of H-pyrrole nitrogens is 1. The molecule has 2 atom stereocenters. The number of fused-ring (bicyclic) bond motifs is 4. The van der Waals surface area contributed by atoms with E-state index in [4.69, 9.17) is 0 Å². The Morgan fingerprint density at radius 2 is 1.96 bits per heavy atom. The van der Waals surface area contributed by atoms with Crippen molar-refractivity contribution in [1.82, 2.24) is 14.8 Å². The number of aromatic nitrogens is 1. The smallest absolute Gasteiger partial charge is 0.245 e. The lowest BCUT2D eigenvalue weighted by Gasteiger charge is -2.45. The van der Waals surface area contributed by atoms with Crippen LogP contribution in [-0.2, 0) is 16.0 Å². The number of nitrogens with zero attached hydrogens (tertiary/aromatic N) is 2. The van der Waals surface area contributed by atoms with E-state index in [1.165, 1.54) is 4.88 Å². The van der Waals surface area contributed by atoms with Gasteiger partial charge in [0.2, 0.25) is 11.8 Å². The Bertz CT molecular complexity index is 1050. The van der Waals surface area contributed by atoms with E-state index < -0.39 is 6.04 Å². The fourth-order valence-corrected chi connectivity index (χ4v) is 5.29. The van der Waals surface area contributed by atoms with E-state index in [1.54, 1.807) is 23.3 Å². The van der Waals surface area contributed by atoms with Gasteiger partial charge in [0.15, 0.2) is 0 Å². The summed E-state index contributed by atoms with van der Waals surface area (Å²) in [5.74, 6) is 0.0382. The number of amides is 2. The fourth-order valence-electron chi connectivity index (χ4n) is 4.31. The van der Waals surface area contributed by atoms with Crippen molar-refractivity contribution in [3.8, 4) is 0 Å². The average molecular weight is 365 g/mol. The molecule has 2 amide bonds. The van der Waals surface area contributed by atoms with Gasteiger partial charge in [-0.1, -0.05) is 18.2 Å². The monoisotopic (exact) mass is 365 g/mol. The highest BCUT2D eigenvalue weighted by Crippen LogP contribution is 2.43. The van der Waals surface area contributed by atoms with Crippen molar-refractivity contribution in [3.05, 3.63) is 57.4 Å². The van der Waals surface area contributed by atoms with Crippen molar-refractivity contribution in [2.75, 3.05) is 13.6 Å². The van der Waals surface area contributed by atoms with E-state index >= 15 is 0 Å². The molecule has 2 aliphatic rings. The summed E-state index contributed by atoms with van der Waals surface area (Å²) in [5.41, 5.74) is 3.27. The highest BCUT2D eigenvalue weighted by Gasteiger charge is 2.47. The molecule has 0 bridgehead atoms. The minimum atomic E-state index is -0.430. The topological polar surface area (TPSA) is 56.4 Å². The largest absolute Gasteiger partial charge is 0.356 e. The van der Waals surface area contributed by atoms with Crippen LogP contribution in [0.3, 0.4) is 0 Å². The lowest BCUT2D eigenvalue weighted by Crippen LogP contribution is -2.62. The first-order chi connectivity index (χ1) is 12.5. The minimum Gasteiger partial charge on any atom is -0.356 e. The van der Waals surface area contributed by atoms with Gasteiger partial charge in [0.05, 0.1) is 6.54 Å². The van der Waals surface area contributed by atoms with Crippen LogP contribution in [0, 0.1) is 6.92 Å². The van der Waals surface area contributed by atoms with E-state index in [0.717, 1.165) is 27.0 Å². The number of piperazine rings is 1. The average Bonchev–Trinajstić information content (AvgIpc) is 3.21. The summed E-state index contributed by atoms with van der Waals surface area (Å²) >= 11 is 1.69. The van der Waals surface area contributed by atoms with Crippen LogP contribution < -0.4 is 0 Å². The zero-order valence-corrected chi connectivity index (χ0v) is 15.5. The third-order valence-corrected chi connectivity index (χ3v) is 6.54. The SMILES string of the molecule is Cc1ccc(C2c3[nH]c4ccccc4c3CC3C(=O)N(C)CC(=O)N32)s1. The van der Waals surface area contributed by atoms with Gasteiger partial charge >= 0.3 is 0 Å². The second-order valence-corrected chi connectivity index (χ2v) is 8.45. The van der Waals surface area contributed by atoms with E-state index in [9.17, 15) is 9.59 Å². The van der Waals surface area contributed by atoms with Crippen molar-refractivity contribution in [2.24, 2.45) is 0 Å². The fraction of sp³-hybridized carbons (Fsp3) is 0.300. The summed E-state index contributed by atoms with van der Waals surface area (Å²) in [6.07, 6.45) is 0.565. The summed E-state index contributed by atoms with van der Waals surface area (Å²) in [6, 6.07) is 11.7. The molecule has 6 heteroatoms. The number of nitrogens with one attached hydrogen (secondary N) is 1. The summed E-state index contributed by atoms with van der Waals surface area (Å²) in [4.78, 5) is 35.0. The Kier molecular flexibility index (Phi) is 3.28. The van der Waals surface area contributed by atoms with Crippen LogP contribution in [0.2, 0.25) is 0 Å². The summed E-state index contributed by atoms with van der Waals surface area (Å²) < 4.78 is 0. The highest BCUT2D eigenvalue weighted by molar-refractivity contribution is 7.12. The molecule has 2 unspecified atom stereocenters. The van der Waals surface area contributed by atoms with Crippen LogP contribution in [-0.4, -0.2) is 46.2 Å². The van der Waals surface area contributed by atoms with Crippen LogP contribution in [0.4, 0.5) is 0 Å². The molecule has 1 fully saturated rings. The normalized spacial score (nSPS) is 22.7. The first-order valence-corrected chi connectivity index (χ1v) is 9.58. The van der Waals surface area contributed by atoms with Gasteiger partial charge in [-0.25, -0.2) is 0 Å². The number of aryl methyl sites for hydroxylation is 1. The third kappa shape index (κ3) is 2.08. The van der Waals surface area contributed by atoms with Gasteiger partial charge in [-0.05, 0) is 30.7 Å². The van der Waals surface area contributed by atoms with Crippen molar-refractivity contribution < 1.29 is 9.59 Å². The van der Waals surface area contributed by atoms with Crippen molar-refractivity contribution in [3.63, 3.8) is 0 Å². The van der Waals surface area contributed by atoms with Crippen LogP contribution in [0.25, 0.3) is 10.9 Å². The standard InChI is InChI=1S/C20H19N3O2S/c1-11-7-8-16(26-11)19-18-13(12-5-3-4-6-14(12)21-18)9-15-20(25)22(2)10-17(24)23(15)19/h3-8,15,19,21H,9-10H2,1-2H3. The Hall–Kier alpha value is -2.60. The minimum absolute atomic E-state index is 0.0115. The molecule has 26 heavy (non-hydrogen) atoms. The molecule has 4 heterocycles. The van der Waals surface area contributed by atoms with Crippen LogP contribution in [0.5, 0.6) is 0 Å². The number of para-hydroxylation sites is 1. The molecule has 0 radical (unpaired) electrons. The van der Waals surface area contributed by atoms with Gasteiger partial charge in [0.25, 0.3) is 0 Å². The molecule has 132 valence electrons. The zero-order valence-electron chi connectivity index (χ0n) is 14.7. The maximum absolute atomic E-state index is 12.9. The first kappa shape index (κ1) is 15.6. The van der Waals surface area contributed by atoms with Crippen molar-refractivity contribution in [1.29, 1.82) is 0 Å². The van der Waals surface area contributed by atoms with E-state index in [-0.39, 0.29) is 24.4 Å². The van der Waals surface area contributed by atoms with Gasteiger partial charge in [0.1, 0.15) is 12.1 Å². The van der Waals surface area contributed by atoms with Crippen molar-refractivity contribution in [2.45, 2.75) is 25.4 Å². The first-order valence-electron chi connectivity index (χ1n) is 8.76. The van der Waals surface area contributed by atoms with E-state index in [1.807, 2.05) is 17.0 Å². The molecule has 0 aliphatic carbocycles. The molecule has 2 aromatic heterocycles. The molecule has 5 rings (SSSR count). The molecule has 0 spiro atoms. The predicted octanol–water partition coefficient (Wildman–Crippen LogP) is 2.85. The Morgan fingerprint density at radius 1 is 1.15 bits per heavy atom. The summed E-state index contributed by atoms with van der Waals surface area (Å²) in [5, 5.41) is 1.15. The van der Waals surface area contributed by atoms with Gasteiger partial charge < -0.3 is 14.8 Å². The third-order valence-electron chi connectivity index (χ3n) is 5.48. The molecule has 1 aromatic carbocycles. The molecule has 3 aromatic rings. The molecule has 5 nitrogen and oxygen atoms in total. The summed E-state index contributed by atoms with van der Waals surface area (Å²) in [7, 11) is 1.71. The molecule has 0 saturated carbocycles. The highest BCUT2D eigenvalue weighted by atomic mass is 32.1. The number of carbonyl (C=O) groups is 2. The van der Waals surface area contributed by atoms with Crippen molar-refractivity contribution >= 4 is 34.1 Å². The number of benzene rings is 1. The van der Waals surface area contributed by atoms with Crippen LogP contribution >= 0.6 is 11.3 Å². The van der Waals surface area contributed by atoms with Crippen LogP contribution in [0.1, 0.15) is 27.1 Å². The summed E-state index contributed by atoms with van der Waals surface area (Å²) in [6.45, 7) is 2.21. The number of rotatable bonds is 1. The zero-order chi connectivity index (χ0) is 18.0. The maximum atomic E-state index is 12.9. The van der Waals surface area contributed by atoms with E-state index in [0.29, 0.717) is 6.42 Å². The number of aromatic amines is 1. The lowest BCUT2D eigenvalue weighted by molar-refractivity contribution is -0.157. The Balaban J connectivity index is 1.77. The number of likely N-dealkylation sites (N-methyl/N-ethyl adjacent to an activating group) is 1. The molecule has 1 saturated heterocycles. The molecular formula is C20H19N3O2S. The number of hydrogen-bond donors (Lipinski definition) is 1. The molecule has 2 aliphatic heterocycles. The molecular weight excluding hydrogens is 346 g/mol. The van der Waals surface area contributed by atoms with Gasteiger partial charge in [-0.2, -0.15) is 0 Å². The molecule has 1 N–H and O–H groups in total. The van der Waals surface area contributed by atoms with E-state index in [2.05, 4.69) is 36.2 Å². The van der Waals surface area contributed by atoms with Gasteiger partial charge in [-0.15, -0.1) is 11.3 Å². The van der Waals surface area contributed by atoms with Gasteiger partial charge in [-0.3, -0.25) is 9.59 Å².